The first-order valence-electron chi connectivity index (χ1n) is 7.02. The average molecular weight is 412 g/mol. The Balaban J connectivity index is 1.75. The number of benzene rings is 1. The van der Waals surface area contributed by atoms with Crippen molar-refractivity contribution in [1.82, 2.24) is 4.31 Å². The van der Waals surface area contributed by atoms with Crippen LogP contribution in [-0.4, -0.2) is 38.9 Å². The Bertz CT molecular complexity index is 850. The third-order valence-corrected chi connectivity index (χ3v) is 7.74. The van der Waals surface area contributed by atoms with Gasteiger partial charge in [0.1, 0.15) is 10.3 Å². The van der Waals surface area contributed by atoms with Crippen molar-refractivity contribution in [2.75, 3.05) is 31.1 Å². The minimum atomic E-state index is -3.43. The Morgan fingerprint density at radius 2 is 1.78 bits per heavy atom. The van der Waals surface area contributed by atoms with Crippen molar-refractivity contribution in [3.63, 3.8) is 0 Å². The van der Waals surface area contributed by atoms with Crippen molar-refractivity contribution in [3.8, 4) is 6.07 Å². The summed E-state index contributed by atoms with van der Waals surface area (Å²) < 4.78 is 27.9. The first-order valence-corrected chi connectivity index (χ1v) is 10.1. The largest absolute Gasteiger partial charge is 0.368 e. The van der Waals surface area contributed by atoms with Gasteiger partial charge in [0.15, 0.2) is 0 Å². The topological polar surface area (TPSA) is 64.4 Å². The molecule has 0 amide bonds. The number of hydrogen-bond donors (Lipinski definition) is 0. The number of para-hydroxylation sites is 1. The number of nitriles is 1. The summed E-state index contributed by atoms with van der Waals surface area (Å²) in [6.07, 6.45) is 0. The molecule has 0 spiro atoms. The van der Waals surface area contributed by atoms with Gasteiger partial charge in [-0.05, 0) is 40.2 Å². The molecule has 2 aromatic rings. The molecule has 0 aliphatic carbocycles. The number of rotatable bonds is 3. The van der Waals surface area contributed by atoms with E-state index in [1.165, 1.54) is 15.6 Å². The van der Waals surface area contributed by atoms with Crippen LogP contribution >= 0.6 is 27.3 Å². The maximum absolute atomic E-state index is 12.6. The zero-order valence-electron chi connectivity index (χ0n) is 12.1. The highest BCUT2D eigenvalue weighted by atomic mass is 79.9. The Labute approximate surface area is 147 Å². The van der Waals surface area contributed by atoms with Crippen molar-refractivity contribution in [3.05, 3.63) is 45.7 Å². The monoisotopic (exact) mass is 411 g/mol. The Morgan fingerprint density at radius 1 is 1.09 bits per heavy atom. The first kappa shape index (κ1) is 16.5. The highest BCUT2D eigenvalue weighted by Crippen LogP contribution is 2.29. The summed E-state index contributed by atoms with van der Waals surface area (Å²) in [5.41, 5.74) is 1.48. The minimum Gasteiger partial charge on any atom is -0.368 e. The van der Waals surface area contributed by atoms with Gasteiger partial charge in [0.25, 0.3) is 10.0 Å². The van der Waals surface area contributed by atoms with Gasteiger partial charge in [-0.25, -0.2) is 8.42 Å². The zero-order chi connectivity index (χ0) is 16.4. The van der Waals surface area contributed by atoms with Crippen LogP contribution in [-0.2, 0) is 10.0 Å². The van der Waals surface area contributed by atoms with E-state index in [1.54, 1.807) is 18.2 Å². The van der Waals surface area contributed by atoms with E-state index in [0.717, 1.165) is 9.47 Å². The second-order valence-corrected chi connectivity index (χ2v) is 9.71. The lowest BCUT2D eigenvalue weighted by Crippen LogP contribution is -2.48. The summed E-state index contributed by atoms with van der Waals surface area (Å²) in [4.78, 5) is 2.06. The molecule has 1 aliphatic heterocycles. The van der Waals surface area contributed by atoms with Crippen LogP contribution in [0.15, 0.2) is 44.4 Å². The van der Waals surface area contributed by atoms with E-state index in [1.807, 2.05) is 18.2 Å². The van der Waals surface area contributed by atoms with E-state index >= 15 is 0 Å². The number of thiophene rings is 1. The van der Waals surface area contributed by atoms with Gasteiger partial charge in [0, 0.05) is 26.2 Å². The highest BCUT2D eigenvalue weighted by molar-refractivity contribution is 9.11. The second kappa shape index (κ2) is 6.61. The predicted octanol–water partition coefficient (Wildman–Crippen LogP) is 2.89. The molecule has 0 atom stereocenters. The van der Waals surface area contributed by atoms with Crippen LogP contribution in [0, 0.1) is 11.3 Å². The van der Waals surface area contributed by atoms with Crippen LogP contribution in [0.5, 0.6) is 0 Å². The predicted molar refractivity (Wildman–Crippen MR) is 94.1 cm³/mol. The van der Waals surface area contributed by atoms with Gasteiger partial charge in [-0.2, -0.15) is 9.57 Å². The first-order chi connectivity index (χ1) is 11.0. The highest BCUT2D eigenvalue weighted by Gasteiger charge is 2.30. The van der Waals surface area contributed by atoms with Gasteiger partial charge in [-0.3, -0.25) is 0 Å². The molecule has 0 bridgehead atoms. The lowest BCUT2D eigenvalue weighted by atomic mass is 10.1. The molecule has 0 saturated carbocycles. The van der Waals surface area contributed by atoms with Crippen LogP contribution < -0.4 is 4.90 Å². The van der Waals surface area contributed by atoms with Gasteiger partial charge in [0.2, 0.25) is 0 Å². The molecule has 0 radical (unpaired) electrons. The molecular weight excluding hydrogens is 398 g/mol. The fraction of sp³-hybridized carbons (Fsp3) is 0.267. The molecule has 1 saturated heterocycles. The van der Waals surface area contributed by atoms with Gasteiger partial charge < -0.3 is 4.90 Å². The maximum Gasteiger partial charge on any atom is 0.252 e. The molecular formula is C15H14BrN3O2S2. The third kappa shape index (κ3) is 3.28. The van der Waals surface area contributed by atoms with E-state index in [9.17, 15) is 13.7 Å². The van der Waals surface area contributed by atoms with Crippen molar-refractivity contribution < 1.29 is 8.42 Å². The van der Waals surface area contributed by atoms with Gasteiger partial charge in [-0.1, -0.05) is 12.1 Å². The summed E-state index contributed by atoms with van der Waals surface area (Å²) in [7, 11) is -3.43. The molecule has 1 aromatic heterocycles. The number of halogens is 1. The molecule has 2 heterocycles. The molecule has 120 valence electrons. The Kier molecular flexibility index (Phi) is 4.73. The third-order valence-electron chi connectivity index (χ3n) is 3.75. The molecule has 1 aliphatic rings. The maximum atomic E-state index is 12.6. The van der Waals surface area contributed by atoms with Gasteiger partial charge in [-0.15, -0.1) is 11.3 Å². The number of piperazine rings is 1. The molecule has 1 aromatic carbocycles. The van der Waals surface area contributed by atoms with Crippen molar-refractivity contribution in [2.45, 2.75) is 4.21 Å². The van der Waals surface area contributed by atoms with E-state index in [0.29, 0.717) is 36.0 Å². The van der Waals surface area contributed by atoms with Crippen LogP contribution in [0.3, 0.4) is 0 Å². The number of nitrogens with zero attached hydrogens (tertiary/aromatic N) is 3. The van der Waals surface area contributed by atoms with Crippen molar-refractivity contribution >= 4 is 43.0 Å². The quantitative estimate of drug-likeness (QED) is 0.778. The van der Waals surface area contributed by atoms with Crippen LogP contribution in [0.4, 0.5) is 5.69 Å². The number of hydrogen-bond acceptors (Lipinski definition) is 5. The summed E-state index contributed by atoms with van der Waals surface area (Å²) >= 11 is 4.52. The van der Waals surface area contributed by atoms with E-state index in [2.05, 4.69) is 26.9 Å². The summed E-state index contributed by atoms with van der Waals surface area (Å²) in [5.74, 6) is 0. The van der Waals surface area contributed by atoms with Crippen LogP contribution in [0.2, 0.25) is 0 Å². The summed E-state index contributed by atoms with van der Waals surface area (Å²) in [6, 6.07) is 13.0. The lowest BCUT2D eigenvalue weighted by Gasteiger charge is -2.35. The van der Waals surface area contributed by atoms with Crippen LogP contribution in [0.1, 0.15) is 5.56 Å². The second-order valence-electron chi connectivity index (χ2n) is 5.08. The van der Waals surface area contributed by atoms with Crippen molar-refractivity contribution in [2.24, 2.45) is 0 Å². The molecule has 23 heavy (non-hydrogen) atoms. The lowest BCUT2D eigenvalue weighted by molar-refractivity contribution is 0.386. The Hall–Kier alpha value is -1.40. The SMILES string of the molecule is N#Cc1ccccc1N1CCN(S(=O)(=O)c2ccc(Br)s2)CC1. The molecule has 1 fully saturated rings. The van der Waals surface area contributed by atoms with E-state index in [4.69, 9.17) is 0 Å². The summed E-state index contributed by atoms with van der Waals surface area (Å²) in [5, 5.41) is 9.20. The standard InChI is InChI=1S/C15H14BrN3O2S2/c16-14-5-6-15(22-14)23(20,21)19-9-7-18(8-10-19)13-4-2-1-3-12(13)11-17/h1-6H,7-10H2. The fourth-order valence-electron chi connectivity index (χ4n) is 2.58. The molecule has 0 N–H and O–H groups in total. The van der Waals surface area contributed by atoms with Gasteiger partial charge in [0.05, 0.1) is 15.0 Å². The normalized spacial score (nSPS) is 16.3. The summed E-state index contributed by atoms with van der Waals surface area (Å²) in [6.45, 7) is 1.98. The number of anilines is 1. The smallest absolute Gasteiger partial charge is 0.252 e. The minimum absolute atomic E-state index is 0.357. The van der Waals surface area contributed by atoms with Crippen LogP contribution in [0.25, 0.3) is 0 Å². The Morgan fingerprint density at radius 3 is 2.39 bits per heavy atom. The number of sulfonamides is 1. The molecule has 0 unspecified atom stereocenters. The van der Waals surface area contributed by atoms with E-state index < -0.39 is 10.0 Å². The van der Waals surface area contributed by atoms with E-state index in [-0.39, 0.29) is 0 Å². The zero-order valence-corrected chi connectivity index (χ0v) is 15.4. The average Bonchev–Trinajstić information content (AvgIpc) is 3.02. The molecule has 8 heteroatoms. The fourth-order valence-corrected chi connectivity index (χ4v) is 6.16. The molecule has 3 rings (SSSR count). The molecule has 5 nitrogen and oxygen atoms in total. The van der Waals surface area contributed by atoms with Gasteiger partial charge >= 0.3 is 0 Å². The van der Waals surface area contributed by atoms with Crippen molar-refractivity contribution in [1.29, 1.82) is 5.26 Å².